The third-order valence-electron chi connectivity index (χ3n) is 5.22. The van der Waals surface area contributed by atoms with E-state index in [0.717, 1.165) is 16.6 Å². The lowest BCUT2D eigenvalue weighted by atomic mass is 10.1. The Morgan fingerprint density at radius 3 is 2.50 bits per heavy atom. The molecule has 9 heteroatoms. The van der Waals surface area contributed by atoms with Crippen LogP contribution in [-0.4, -0.2) is 19.3 Å². The fraction of sp³-hybridized carbons (Fsp3) is 0.130. The van der Waals surface area contributed by atoms with Crippen molar-refractivity contribution in [3.05, 3.63) is 97.3 Å². The smallest absolute Gasteiger partial charge is 0.336 e. The summed E-state index contributed by atoms with van der Waals surface area (Å²) in [5.74, 6) is 0.721. The van der Waals surface area contributed by atoms with Crippen molar-refractivity contribution in [3.8, 4) is 17.1 Å². The molecule has 2 aromatic carbocycles. The molecule has 0 unspecified atom stereocenters. The predicted octanol–water partition coefficient (Wildman–Crippen LogP) is 4.53. The van der Waals surface area contributed by atoms with Crippen molar-refractivity contribution in [2.75, 3.05) is 0 Å². The van der Waals surface area contributed by atoms with Gasteiger partial charge < -0.3 is 4.52 Å². The van der Waals surface area contributed by atoms with E-state index in [1.807, 2.05) is 24.3 Å². The fourth-order valence-electron chi connectivity index (χ4n) is 3.52. The lowest BCUT2D eigenvalue weighted by Crippen LogP contribution is -2.38. The van der Waals surface area contributed by atoms with E-state index in [4.69, 9.17) is 16.1 Å². The minimum Gasteiger partial charge on any atom is -0.337 e. The van der Waals surface area contributed by atoms with E-state index in [0.29, 0.717) is 26.8 Å². The second-order valence-electron chi connectivity index (χ2n) is 7.18. The maximum atomic E-state index is 13.3. The molecule has 0 radical (unpaired) electrons. The molecule has 0 amide bonds. The van der Waals surface area contributed by atoms with E-state index in [1.165, 1.54) is 21.5 Å². The zero-order chi connectivity index (χ0) is 22.2. The van der Waals surface area contributed by atoms with Gasteiger partial charge in [-0.25, -0.2) is 9.36 Å². The largest absolute Gasteiger partial charge is 0.337 e. The van der Waals surface area contributed by atoms with Crippen LogP contribution in [0.1, 0.15) is 18.4 Å². The van der Waals surface area contributed by atoms with Crippen LogP contribution in [0.15, 0.2) is 74.1 Å². The SMILES string of the molecule is CCc1ccc(-c2noc(Cn3c(=O)n(-c4ccc(Cl)cc4)c(=O)c4sccc43)n2)cc1. The molecule has 0 atom stereocenters. The third kappa shape index (κ3) is 3.57. The Hall–Kier alpha value is -3.49. The van der Waals surface area contributed by atoms with Gasteiger partial charge in [-0.2, -0.15) is 4.98 Å². The van der Waals surface area contributed by atoms with Crippen LogP contribution in [0.2, 0.25) is 5.02 Å². The third-order valence-corrected chi connectivity index (χ3v) is 6.37. The van der Waals surface area contributed by atoms with Gasteiger partial charge in [0, 0.05) is 10.6 Å². The first-order valence-corrected chi connectivity index (χ1v) is 11.2. The molecule has 0 bridgehead atoms. The Bertz CT molecular complexity index is 1530. The van der Waals surface area contributed by atoms with E-state index in [9.17, 15) is 9.59 Å². The summed E-state index contributed by atoms with van der Waals surface area (Å²) in [5.41, 5.74) is 2.15. The van der Waals surface area contributed by atoms with Crippen molar-refractivity contribution in [1.82, 2.24) is 19.3 Å². The molecule has 160 valence electrons. The Labute approximate surface area is 191 Å². The number of halogens is 1. The van der Waals surface area contributed by atoms with Crippen LogP contribution in [0.5, 0.6) is 0 Å². The summed E-state index contributed by atoms with van der Waals surface area (Å²) in [6.07, 6.45) is 0.945. The van der Waals surface area contributed by atoms with Crippen LogP contribution in [0.3, 0.4) is 0 Å². The molecule has 3 heterocycles. The van der Waals surface area contributed by atoms with Crippen LogP contribution < -0.4 is 11.2 Å². The summed E-state index contributed by atoms with van der Waals surface area (Å²) in [7, 11) is 0. The highest BCUT2D eigenvalue weighted by Gasteiger charge is 2.18. The molecule has 0 aliphatic heterocycles. The standard InChI is InChI=1S/C23H17ClN4O3S/c1-2-14-3-5-15(6-4-14)21-25-19(31-26-21)13-27-18-11-12-32-20(18)22(29)28(23(27)30)17-9-7-16(24)8-10-17/h3-12H,2,13H2,1H3. The first-order valence-electron chi connectivity index (χ1n) is 9.96. The fourth-order valence-corrected chi connectivity index (χ4v) is 4.47. The molecule has 32 heavy (non-hydrogen) atoms. The summed E-state index contributed by atoms with van der Waals surface area (Å²) in [6.45, 7) is 2.13. The molecule has 0 aliphatic rings. The number of aromatic nitrogens is 4. The first-order chi connectivity index (χ1) is 15.5. The lowest BCUT2D eigenvalue weighted by molar-refractivity contribution is 0.370. The van der Waals surface area contributed by atoms with Crippen molar-refractivity contribution in [2.24, 2.45) is 0 Å². The van der Waals surface area contributed by atoms with Crippen LogP contribution in [0.25, 0.3) is 27.3 Å². The molecule has 7 nitrogen and oxygen atoms in total. The topological polar surface area (TPSA) is 82.9 Å². The van der Waals surface area contributed by atoms with E-state index in [-0.39, 0.29) is 18.0 Å². The number of hydrogen-bond acceptors (Lipinski definition) is 6. The van der Waals surface area contributed by atoms with Gasteiger partial charge in [-0.1, -0.05) is 47.9 Å². The number of aryl methyl sites for hydroxylation is 1. The maximum Gasteiger partial charge on any atom is 0.336 e. The van der Waals surface area contributed by atoms with Crippen LogP contribution >= 0.6 is 22.9 Å². The average Bonchev–Trinajstić information content (AvgIpc) is 3.48. The highest BCUT2D eigenvalue weighted by atomic mass is 35.5. The zero-order valence-corrected chi connectivity index (χ0v) is 18.6. The molecule has 0 aliphatic carbocycles. The van der Waals surface area contributed by atoms with Crippen molar-refractivity contribution >= 4 is 33.2 Å². The van der Waals surface area contributed by atoms with E-state index in [2.05, 4.69) is 17.1 Å². The number of rotatable bonds is 5. The molecule has 0 N–H and O–H groups in total. The summed E-state index contributed by atoms with van der Waals surface area (Å²) in [4.78, 5) is 30.8. The Morgan fingerprint density at radius 2 is 1.78 bits per heavy atom. The summed E-state index contributed by atoms with van der Waals surface area (Å²) in [5, 5.41) is 6.36. The first kappa shape index (κ1) is 20.4. The normalized spacial score (nSPS) is 11.3. The molecule has 5 rings (SSSR count). The Kier molecular flexibility index (Phi) is 5.24. The number of thiophene rings is 1. The monoisotopic (exact) mass is 464 g/mol. The minimum absolute atomic E-state index is 0.0416. The highest BCUT2D eigenvalue weighted by molar-refractivity contribution is 7.17. The van der Waals surface area contributed by atoms with Crippen LogP contribution in [0.4, 0.5) is 0 Å². The Balaban J connectivity index is 1.58. The van der Waals surface area contributed by atoms with Crippen molar-refractivity contribution in [3.63, 3.8) is 0 Å². The van der Waals surface area contributed by atoms with E-state index in [1.54, 1.807) is 35.7 Å². The quantitative estimate of drug-likeness (QED) is 0.381. The number of benzene rings is 2. The van der Waals surface area contributed by atoms with Crippen LogP contribution in [0, 0.1) is 0 Å². The van der Waals surface area contributed by atoms with Crippen LogP contribution in [-0.2, 0) is 13.0 Å². The maximum absolute atomic E-state index is 13.3. The molecule has 0 fully saturated rings. The van der Waals surface area contributed by atoms with Gasteiger partial charge in [-0.3, -0.25) is 9.36 Å². The number of hydrogen-bond donors (Lipinski definition) is 0. The van der Waals surface area contributed by atoms with E-state index < -0.39 is 5.69 Å². The van der Waals surface area contributed by atoms with Crippen molar-refractivity contribution < 1.29 is 4.52 Å². The molecular formula is C23H17ClN4O3S. The molecule has 5 aromatic rings. The second-order valence-corrected chi connectivity index (χ2v) is 8.54. The Morgan fingerprint density at radius 1 is 1.03 bits per heavy atom. The molecule has 0 saturated carbocycles. The second kappa shape index (κ2) is 8.22. The minimum atomic E-state index is -0.490. The van der Waals surface area contributed by atoms with Crippen molar-refractivity contribution in [1.29, 1.82) is 0 Å². The lowest BCUT2D eigenvalue weighted by Gasteiger charge is -2.10. The predicted molar refractivity (Wildman–Crippen MR) is 125 cm³/mol. The van der Waals surface area contributed by atoms with E-state index >= 15 is 0 Å². The number of fused-ring (bicyclic) bond motifs is 1. The molecular weight excluding hydrogens is 448 g/mol. The highest BCUT2D eigenvalue weighted by Crippen LogP contribution is 2.20. The number of nitrogens with zero attached hydrogens (tertiary/aromatic N) is 4. The molecule has 0 spiro atoms. The van der Waals surface area contributed by atoms with Gasteiger partial charge in [0.15, 0.2) is 0 Å². The van der Waals surface area contributed by atoms with Gasteiger partial charge in [0.2, 0.25) is 11.7 Å². The average molecular weight is 465 g/mol. The molecule has 0 saturated heterocycles. The zero-order valence-electron chi connectivity index (χ0n) is 17.0. The summed E-state index contributed by atoms with van der Waals surface area (Å²) in [6, 6.07) is 16.2. The molecule has 3 aromatic heterocycles. The van der Waals surface area contributed by atoms with Gasteiger partial charge in [0.05, 0.1) is 11.2 Å². The van der Waals surface area contributed by atoms with Gasteiger partial charge >= 0.3 is 5.69 Å². The van der Waals surface area contributed by atoms with Gasteiger partial charge in [0.25, 0.3) is 5.56 Å². The van der Waals surface area contributed by atoms with Gasteiger partial charge in [-0.05, 0) is 47.7 Å². The summed E-state index contributed by atoms with van der Waals surface area (Å²) < 4.78 is 8.50. The van der Waals surface area contributed by atoms with Gasteiger partial charge in [-0.15, -0.1) is 11.3 Å². The summed E-state index contributed by atoms with van der Waals surface area (Å²) >= 11 is 7.25. The van der Waals surface area contributed by atoms with Gasteiger partial charge in [0.1, 0.15) is 11.2 Å². The van der Waals surface area contributed by atoms with Crippen molar-refractivity contribution in [2.45, 2.75) is 19.9 Å².